The number of benzene rings is 2. The van der Waals surface area contributed by atoms with E-state index in [0.717, 1.165) is 0 Å². The molecule has 0 bridgehead atoms. The van der Waals surface area contributed by atoms with E-state index in [0.29, 0.717) is 0 Å². The maximum absolute atomic E-state index is 12.6. The van der Waals surface area contributed by atoms with Crippen molar-refractivity contribution in [3.63, 3.8) is 0 Å². The van der Waals surface area contributed by atoms with Crippen LogP contribution < -0.4 is 0 Å². The van der Waals surface area contributed by atoms with Crippen LogP contribution in [0.3, 0.4) is 0 Å². The molecule has 0 saturated heterocycles. The first kappa shape index (κ1) is 14.3. The van der Waals surface area contributed by atoms with Crippen LogP contribution in [-0.4, -0.2) is 16.8 Å². The van der Waals surface area contributed by atoms with Crippen molar-refractivity contribution in [2.45, 2.75) is 0 Å². The van der Waals surface area contributed by atoms with Gasteiger partial charge in [-0.1, -0.05) is 47.5 Å². The second-order valence-corrected chi connectivity index (χ2v) is 5.58. The van der Waals surface area contributed by atoms with Gasteiger partial charge in [0.05, 0.1) is 26.7 Å². The number of hydrogen-bond acceptors (Lipinski definition) is 3. The summed E-state index contributed by atoms with van der Waals surface area (Å²) in [6.07, 6.45) is 0. The summed E-state index contributed by atoms with van der Waals surface area (Å²) in [4.78, 5) is 36.4. The Hall–Kier alpha value is -1.68. The first-order valence-electron chi connectivity index (χ1n) is 5.83. The van der Waals surface area contributed by atoms with E-state index in [1.165, 1.54) is 12.1 Å². The lowest BCUT2D eigenvalue weighted by Crippen LogP contribution is -2.22. The minimum absolute atomic E-state index is 0.00651. The molecule has 0 radical (unpaired) electrons. The third kappa shape index (κ3) is 2.01. The molecule has 0 heterocycles. The first-order chi connectivity index (χ1) is 9.93. The summed E-state index contributed by atoms with van der Waals surface area (Å²) in [7, 11) is 0. The lowest BCUT2D eigenvalue weighted by atomic mass is 9.83. The largest absolute Gasteiger partial charge is 0.289 e. The summed E-state index contributed by atoms with van der Waals surface area (Å²) >= 11 is 17.6. The highest BCUT2D eigenvalue weighted by Gasteiger charge is 2.35. The Morgan fingerprint density at radius 2 is 1.43 bits per heavy atom. The molecule has 0 unspecified atom stereocenters. The highest BCUT2D eigenvalue weighted by Crippen LogP contribution is 2.38. The van der Waals surface area contributed by atoms with Gasteiger partial charge in [-0.15, -0.1) is 0 Å². The van der Waals surface area contributed by atoms with Crippen LogP contribution >= 0.6 is 34.8 Å². The predicted octanol–water partition coefficient (Wildman–Crippen LogP) is 4.15. The second-order valence-electron chi connectivity index (χ2n) is 4.45. The van der Waals surface area contributed by atoms with Gasteiger partial charge in [-0.3, -0.25) is 14.4 Å². The molecule has 0 aromatic heterocycles. The maximum Gasteiger partial charge on any atom is 0.253 e. The fourth-order valence-electron chi connectivity index (χ4n) is 2.35. The molecule has 0 amide bonds. The number of halogens is 3. The predicted molar refractivity (Wildman–Crippen MR) is 80.0 cm³/mol. The van der Waals surface area contributed by atoms with E-state index < -0.39 is 16.8 Å². The van der Waals surface area contributed by atoms with Crippen molar-refractivity contribution in [1.82, 2.24) is 0 Å². The van der Waals surface area contributed by atoms with E-state index in [2.05, 4.69) is 0 Å². The van der Waals surface area contributed by atoms with E-state index in [4.69, 9.17) is 34.8 Å². The smallest absolute Gasteiger partial charge is 0.253 e. The Bertz CT molecular complexity index is 840. The van der Waals surface area contributed by atoms with E-state index in [1.54, 1.807) is 18.2 Å². The molecular weight excluding hydrogens is 335 g/mol. The van der Waals surface area contributed by atoms with Gasteiger partial charge in [0.25, 0.3) is 5.24 Å². The molecule has 0 spiro atoms. The fourth-order valence-corrected chi connectivity index (χ4v) is 3.16. The first-order valence-corrected chi connectivity index (χ1v) is 6.97. The number of fused-ring (bicyclic) bond motifs is 2. The lowest BCUT2D eigenvalue weighted by molar-refractivity contribution is 0.0979. The molecule has 1 aliphatic carbocycles. The molecule has 2 aromatic rings. The van der Waals surface area contributed by atoms with Gasteiger partial charge in [0.2, 0.25) is 0 Å². The van der Waals surface area contributed by atoms with Crippen molar-refractivity contribution in [1.29, 1.82) is 0 Å². The van der Waals surface area contributed by atoms with Crippen LogP contribution in [0.4, 0.5) is 0 Å². The number of carbonyl (C=O) groups excluding carboxylic acids is 3. The zero-order chi connectivity index (χ0) is 15.3. The van der Waals surface area contributed by atoms with Gasteiger partial charge in [0, 0.05) is 11.1 Å². The molecule has 0 saturated carbocycles. The van der Waals surface area contributed by atoms with E-state index in [9.17, 15) is 14.4 Å². The van der Waals surface area contributed by atoms with Crippen LogP contribution in [0.5, 0.6) is 0 Å². The molecule has 0 N–H and O–H groups in total. The van der Waals surface area contributed by atoms with Gasteiger partial charge in [-0.25, -0.2) is 0 Å². The van der Waals surface area contributed by atoms with Crippen molar-refractivity contribution < 1.29 is 14.4 Å². The van der Waals surface area contributed by atoms with Crippen LogP contribution in [0.15, 0.2) is 30.3 Å². The van der Waals surface area contributed by atoms with Gasteiger partial charge in [-0.05, 0) is 17.7 Å². The summed E-state index contributed by atoms with van der Waals surface area (Å²) in [6, 6.07) is 7.57. The van der Waals surface area contributed by atoms with Crippen molar-refractivity contribution >= 4 is 51.6 Å². The highest BCUT2D eigenvalue weighted by molar-refractivity contribution is 6.69. The number of hydrogen-bond donors (Lipinski definition) is 0. The Balaban J connectivity index is 2.41. The van der Waals surface area contributed by atoms with E-state index >= 15 is 0 Å². The lowest BCUT2D eigenvalue weighted by Gasteiger charge is -2.20. The minimum atomic E-state index is -0.844. The van der Waals surface area contributed by atoms with Crippen molar-refractivity contribution in [3.05, 3.63) is 68.2 Å². The highest BCUT2D eigenvalue weighted by atomic mass is 35.5. The van der Waals surface area contributed by atoms with Crippen LogP contribution in [0.1, 0.15) is 42.2 Å². The average Bonchev–Trinajstić information content (AvgIpc) is 2.46. The van der Waals surface area contributed by atoms with E-state index in [-0.39, 0.29) is 37.9 Å². The molecule has 6 heteroatoms. The summed E-state index contributed by atoms with van der Waals surface area (Å²) in [5.74, 6) is -0.854. The summed E-state index contributed by atoms with van der Waals surface area (Å²) < 4.78 is 0. The van der Waals surface area contributed by atoms with Gasteiger partial charge < -0.3 is 0 Å². The Morgan fingerprint density at radius 1 is 0.905 bits per heavy atom. The van der Waals surface area contributed by atoms with Gasteiger partial charge in [0.1, 0.15) is 0 Å². The van der Waals surface area contributed by atoms with Crippen molar-refractivity contribution in [3.8, 4) is 0 Å². The summed E-state index contributed by atoms with van der Waals surface area (Å²) in [5.41, 5.74) is 0.330. The average molecular weight is 340 g/mol. The fraction of sp³-hybridized carbons (Fsp3) is 0. The zero-order valence-electron chi connectivity index (χ0n) is 10.2. The Morgan fingerprint density at radius 3 is 1.95 bits per heavy atom. The molecule has 1 aliphatic rings. The maximum atomic E-state index is 12.6. The van der Waals surface area contributed by atoms with Crippen molar-refractivity contribution in [2.75, 3.05) is 0 Å². The Labute approximate surface area is 134 Å². The number of rotatable bonds is 1. The topological polar surface area (TPSA) is 51.2 Å². The minimum Gasteiger partial charge on any atom is -0.289 e. The molecular formula is C15H5Cl3O3. The summed E-state index contributed by atoms with van der Waals surface area (Å²) in [5, 5.41) is -1.02. The molecule has 3 rings (SSSR count). The van der Waals surface area contributed by atoms with Crippen LogP contribution in [0, 0.1) is 0 Å². The quantitative estimate of drug-likeness (QED) is 0.626. The molecule has 21 heavy (non-hydrogen) atoms. The second kappa shape index (κ2) is 4.95. The third-order valence-corrected chi connectivity index (χ3v) is 4.19. The van der Waals surface area contributed by atoms with Crippen LogP contribution in [-0.2, 0) is 0 Å². The molecule has 0 atom stereocenters. The molecule has 3 nitrogen and oxygen atoms in total. The normalized spacial score (nSPS) is 12.9. The van der Waals surface area contributed by atoms with Crippen LogP contribution in [0.25, 0.3) is 0 Å². The third-order valence-electron chi connectivity index (χ3n) is 3.30. The van der Waals surface area contributed by atoms with E-state index in [1.807, 2.05) is 0 Å². The molecule has 0 fully saturated rings. The van der Waals surface area contributed by atoms with Crippen LogP contribution in [0.2, 0.25) is 10.0 Å². The molecule has 104 valence electrons. The Kier molecular flexibility index (Phi) is 3.36. The summed E-state index contributed by atoms with van der Waals surface area (Å²) in [6.45, 7) is 0. The SMILES string of the molecule is O=C(Cl)c1cc(Cl)c2c(c1Cl)C(=O)c1ccccc1C2=O. The zero-order valence-corrected chi connectivity index (χ0v) is 12.5. The van der Waals surface area contributed by atoms with Gasteiger partial charge in [0.15, 0.2) is 11.6 Å². The molecule has 2 aromatic carbocycles. The number of ketones is 2. The van der Waals surface area contributed by atoms with Crippen molar-refractivity contribution in [2.24, 2.45) is 0 Å². The van der Waals surface area contributed by atoms with Gasteiger partial charge in [-0.2, -0.15) is 0 Å². The standard InChI is InChI=1S/C15H5Cl3O3/c16-9-5-8(15(18)21)12(17)11-10(9)13(19)6-3-1-2-4-7(6)14(11)20/h1-5H. The van der Waals surface area contributed by atoms with Gasteiger partial charge >= 0.3 is 0 Å². The monoisotopic (exact) mass is 338 g/mol. The molecule has 0 aliphatic heterocycles. The number of carbonyl (C=O) groups is 3.